The van der Waals surface area contributed by atoms with Crippen LogP contribution < -0.4 is 0 Å². The number of furan rings is 1. The van der Waals surface area contributed by atoms with Gasteiger partial charge in [0.25, 0.3) is 0 Å². The summed E-state index contributed by atoms with van der Waals surface area (Å²) in [6.45, 7) is 0. The number of fused-ring (bicyclic) bond motifs is 4. The lowest BCUT2D eigenvalue weighted by atomic mass is 10.1. The van der Waals surface area contributed by atoms with E-state index in [-0.39, 0.29) is 0 Å². The molecule has 0 aliphatic heterocycles. The highest BCUT2D eigenvalue weighted by atomic mass is 16.3. The Morgan fingerprint density at radius 2 is 1.20 bits per heavy atom. The van der Waals surface area contributed by atoms with E-state index < -0.39 is 0 Å². The lowest BCUT2D eigenvalue weighted by molar-refractivity contribution is 0.654. The molecule has 0 saturated carbocycles. The van der Waals surface area contributed by atoms with Crippen LogP contribution in [0.2, 0.25) is 0 Å². The Morgan fingerprint density at radius 3 is 1.93 bits per heavy atom. The number of hydrogen-bond donors (Lipinski definition) is 0. The Kier molecular flexibility index (Phi) is 5.31. The maximum absolute atomic E-state index is 6.15. The molecule has 0 aliphatic carbocycles. The van der Waals surface area contributed by atoms with E-state index in [9.17, 15) is 0 Å². The average Bonchev–Trinajstić information content (AvgIpc) is 3.43. The summed E-state index contributed by atoms with van der Waals surface area (Å²) in [5.41, 5.74) is 6.17. The van der Waals surface area contributed by atoms with Gasteiger partial charge in [0.05, 0.1) is 22.0 Å². The van der Waals surface area contributed by atoms with Crippen molar-refractivity contribution in [3.63, 3.8) is 0 Å². The van der Waals surface area contributed by atoms with Crippen molar-refractivity contribution in [3.05, 3.63) is 122 Å². The van der Waals surface area contributed by atoms with Crippen LogP contribution in [0, 0.1) is 0 Å². The average molecular weight is 529 g/mol. The number of hydrogen-bond acceptors (Lipinski definition) is 7. The second-order valence-corrected chi connectivity index (χ2v) is 9.64. The van der Waals surface area contributed by atoms with E-state index in [0.717, 1.165) is 49.8 Å². The fourth-order valence-corrected chi connectivity index (χ4v) is 5.06. The highest BCUT2D eigenvalue weighted by Gasteiger charge is 2.18. The van der Waals surface area contributed by atoms with Gasteiger partial charge in [-0.05, 0) is 24.3 Å². The third kappa shape index (κ3) is 4.08. The molecule has 0 radical (unpaired) electrons. The standard InChI is InChI=1S/C34H20N6O/c1-3-10-22(11-4-1)31-38-32(23-12-5-2-6-13-23)40-33(39-31)24-19-25-29-28(41-34(25)36-20-24)17-18-35-30(29)27-16-15-21-9-7-8-14-26(21)37-27/h1-20H. The molecule has 8 aromatic rings. The first-order valence-electron chi connectivity index (χ1n) is 13.2. The molecule has 0 saturated heterocycles. The molecule has 8 rings (SSSR count). The minimum atomic E-state index is 0.513. The van der Waals surface area contributed by atoms with Crippen molar-refractivity contribution in [2.45, 2.75) is 0 Å². The topological polar surface area (TPSA) is 90.5 Å². The number of aromatic nitrogens is 6. The van der Waals surface area contributed by atoms with Crippen molar-refractivity contribution in [2.75, 3.05) is 0 Å². The third-order valence-corrected chi connectivity index (χ3v) is 7.04. The van der Waals surface area contributed by atoms with E-state index in [4.69, 9.17) is 29.3 Å². The summed E-state index contributed by atoms with van der Waals surface area (Å²) >= 11 is 0. The molecule has 7 nitrogen and oxygen atoms in total. The summed E-state index contributed by atoms with van der Waals surface area (Å²) in [7, 11) is 0. The van der Waals surface area contributed by atoms with Crippen molar-refractivity contribution in [1.82, 2.24) is 29.9 Å². The molecule has 0 amide bonds. The van der Waals surface area contributed by atoms with Crippen molar-refractivity contribution in [3.8, 4) is 45.6 Å². The second kappa shape index (κ2) is 9.43. The van der Waals surface area contributed by atoms with Gasteiger partial charge in [0.15, 0.2) is 17.5 Å². The van der Waals surface area contributed by atoms with Gasteiger partial charge in [0.2, 0.25) is 5.71 Å². The zero-order valence-corrected chi connectivity index (χ0v) is 21.6. The molecule has 0 aliphatic rings. The highest BCUT2D eigenvalue weighted by Crippen LogP contribution is 2.36. The highest BCUT2D eigenvalue weighted by molar-refractivity contribution is 6.11. The predicted molar refractivity (Wildman–Crippen MR) is 160 cm³/mol. The third-order valence-electron chi connectivity index (χ3n) is 7.04. The zero-order chi connectivity index (χ0) is 27.2. The van der Waals surface area contributed by atoms with Gasteiger partial charge >= 0.3 is 0 Å². The largest absolute Gasteiger partial charge is 0.438 e. The molecule has 0 N–H and O–H groups in total. The molecule has 3 aromatic carbocycles. The normalized spacial score (nSPS) is 11.4. The molecular formula is C34H20N6O. The van der Waals surface area contributed by atoms with Gasteiger partial charge in [0, 0.05) is 34.5 Å². The molecule has 5 aromatic heterocycles. The first-order chi connectivity index (χ1) is 20.3. The second-order valence-electron chi connectivity index (χ2n) is 9.64. The Hall–Kier alpha value is -5.82. The van der Waals surface area contributed by atoms with Gasteiger partial charge in [-0.25, -0.2) is 24.9 Å². The maximum atomic E-state index is 6.15. The molecule has 192 valence electrons. The fraction of sp³-hybridized carbons (Fsp3) is 0. The predicted octanol–water partition coefficient (Wildman–Crippen LogP) is 7.78. The summed E-state index contributed by atoms with van der Waals surface area (Å²) < 4.78 is 6.15. The number of pyridine rings is 3. The van der Waals surface area contributed by atoms with Crippen LogP contribution in [0.25, 0.3) is 78.5 Å². The molecule has 0 bridgehead atoms. The van der Waals surface area contributed by atoms with E-state index >= 15 is 0 Å². The van der Waals surface area contributed by atoms with E-state index in [0.29, 0.717) is 28.8 Å². The first kappa shape index (κ1) is 23.1. The van der Waals surface area contributed by atoms with Gasteiger partial charge in [-0.1, -0.05) is 84.9 Å². The zero-order valence-electron chi connectivity index (χ0n) is 21.6. The summed E-state index contributed by atoms with van der Waals surface area (Å²) in [6.07, 6.45) is 3.48. The van der Waals surface area contributed by atoms with E-state index in [1.54, 1.807) is 12.4 Å². The van der Waals surface area contributed by atoms with Gasteiger partial charge in [-0.2, -0.15) is 0 Å². The monoisotopic (exact) mass is 528 g/mol. The Labute approximate surface area is 234 Å². The van der Waals surface area contributed by atoms with Crippen LogP contribution in [0.4, 0.5) is 0 Å². The van der Waals surface area contributed by atoms with Crippen molar-refractivity contribution in [2.24, 2.45) is 0 Å². The molecule has 5 heterocycles. The number of nitrogens with zero attached hydrogens (tertiary/aromatic N) is 6. The molecular weight excluding hydrogens is 508 g/mol. The quantitative estimate of drug-likeness (QED) is 0.230. The van der Waals surface area contributed by atoms with E-state index in [2.05, 4.69) is 11.1 Å². The molecule has 0 fully saturated rings. The van der Waals surface area contributed by atoms with Crippen LogP contribution in [0.3, 0.4) is 0 Å². The smallest absolute Gasteiger partial charge is 0.227 e. The van der Waals surface area contributed by atoms with E-state index in [1.165, 1.54) is 0 Å². The lowest BCUT2D eigenvalue weighted by Gasteiger charge is -2.08. The summed E-state index contributed by atoms with van der Waals surface area (Å²) in [5, 5.41) is 2.74. The molecule has 0 atom stereocenters. The molecule has 0 unspecified atom stereocenters. The Morgan fingerprint density at radius 1 is 0.537 bits per heavy atom. The van der Waals surface area contributed by atoms with Crippen molar-refractivity contribution >= 4 is 33.0 Å². The van der Waals surface area contributed by atoms with Gasteiger partial charge < -0.3 is 4.42 Å². The van der Waals surface area contributed by atoms with Crippen molar-refractivity contribution in [1.29, 1.82) is 0 Å². The minimum Gasteiger partial charge on any atom is -0.438 e. The SMILES string of the molecule is c1ccc(-c2nc(-c3ccccc3)nc(-c3cnc4oc5ccnc(-c6ccc7ccccc7n6)c5c4c3)n2)cc1. The van der Waals surface area contributed by atoms with Crippen LogP contribution >= 0.6 is 0 Å². The molecule has 41 heavy (non-hydrogen) atoms. The lowest BCUT2D eigenvalue weighted by Crippen LogP contribution is -2.00. The van der Waals surface area contributed by atoms with Gasteiger partial charge in [-0.15, -0.1) is 0 Å². The number of para-hydroxylation sites is 1. The van der Waals surface area contributed by atoms with Gasteiger partial charge in [-0.3, -0.25) is 4.98 Å². The van der Waals surface area contributed by atoms with Crippen LogP contribution in [-0.2, 0) is 0 Å². The van der Waals surface area contributed by atoms with Crippen LogP contribution in [0.15, 0.2) is 126 Å². The summed E-state index contributed by atoms with van der Waals surface area (Å²) in [6, 6.07) is 35.8. The van der Waals surface area contributed by atoms with Crippen LogP contribution in [-0.4, -0.2) is 29.9 Å². The van der Waals surface area contributed by atoms with Gasteiger partial charge in [0.1, 0.15) is 11.3 Å². The molecule has 7 heteroatoms. The van der Waals surface area contributed by atoms with Crippen LogP contribution in [0.1, 0.15) is 0 Å². The van der Waals surface area contributed by atoms with E-state index in [1.807, 2.05) is 103 Å². The molecule has 0 spiro atoms. The summed E-state index contributed by atoms with van der Waals surface area (Å²) in [4.78, 5) is 28.8. The minimum absolute atomic E-state index is 0.513. The van der Waals surface area contributed by atoms with Crippen molar-refractivity contribution < 1.29 is 4.42 Å². The summed E-state index contributed by atoms with van der Waals surface area (Å²) in [5.74, 6) is 1.71. The fourth-order valence-electron chi connectivity index (χ4n) is 5.06. The van der Waals surface area contributed by atoms with Crippen LogP contribution in [0.5, 0.6) is 0 Å². The number of rotatable bonds is 4. The first-order valence-corrected chi connectivity index (χ1v) is 13.2. The number of benzene rings is 3. The Bertz CT molecular complexity index is 2150. The maximum Gasteiger partial charge on any atom is 0.227 e. The Balaban J connectivity index is 1.34.